The number of benzene rings is 2. The third-order valence-corrected chi connectivity index (χ3v) is 6.72. The molecule has 2 aromatic carbocycles. The number of imide groups is 1. The van der Waals surface area contributed by atoms with E-state index >= 15 is 0 Å². The molecule has 0 radical (unpaired) electrons. The molecule has 6 heteroatoms. The molecule has 2 aliphatic heterocycles. The second-order valence-corrected chi connectivity index (χ2v) is 8.42. The predicted octanol–water partition coefficient (Wildman–Crippen LogP) is 3.14. The Bertz CT molecular complexity index is 1050. The molecule has 2 atom stereocenters. The normalized spacial score (nSPS) is 23.8. The summed E-state index contributed by atoms with van der Waals surface area (Å²) in [6.07, 6.45) is 4.06. The van der Waals surface area contributed by atoms with Gasteiger partial charge in [0, 0.05) is 12.2 Å². The molecule has 30 heavy (non-hydrogen) atoms. The summed E-state index contributed by atoms with van der Waals surface area (Å²) in [6, 6.07) is 14.3. The number of aryl methyl sites for hydroxylation is 2. The van der Waals surface area contributed by atoms with Gasteiger partial charge < -0.3 is 10.2 Å². The number of fused-ring (bicyclic) bond motifs is 3. The molecule has 5 rings (SSSR count). The first-order valence-electron chi connectivity index (χ1n) is 10.7. The molecular weight excluding hydrogens is 378 g/mol. The van der Waals surface area contributed by atoms with Crippen molar-refractivity contribution in [2.24, 2.45) is 0 Å². The smallest absolute Gasteiger partial charge is 0.319 e. The van der Waals surface area contributed by atoms with Gasteiger partial charge in [-0.2, -0.15) is 0 Å². The highest BCUT2D eigenvalue weighted by Crippen LogP contribution is 2.40. The van der Waals surface area contributed by atoms with Crippen LogP contribution in [0.4, 0.5) is 10.5 Å². The number of hydrogen-bond donors (Lipinski definition) is 1. The fourth-order valence-corrected chi connectivity index (χ4v) is 5.23. The summed E-state index contributed by atoms with van der Waals surface area (Å²) in [5, 5.41) is 2.95. The van der Waals surface area contributed by atoms with Crippen LogP contribution in [-0.4, -0.2) is 35.3 Å². The highest BCUT2D eigenvalue weighted by Gasteiger charge is 2.56. The van der Waals surface area contributed by atoms with E-state index in [4.69, 9.17) is 0 Å². The molecule has 1 fully saturated rings. The van der Waals surface area contributed by atoms with Crippen LogP contribution in [0.1, 0.15) is 42.9 Å². The van der Waals surface area contributed by atoms with E-state index in [1.165, 1.54) is 0 Å². The summed E-state index contributed by atoms with van der Waals surface area (Å²) in [4.78, 5) is 42.8. The Morgan fingerprint density at radius 1 is 1.00 bits per heavy atom. The van der Waals surface area contributed by atoms with Gasteiger partial charge >= 0.3 is 6.03 Å². The Morgan fingerprint density at radius 2 is 1.70 bits per heavy atom. The molecule has 0 bridgehead atoms. The lowest BCUT2D eigenvalue weighted by atomic mass is 9.76. The van der Waals surface area contributed by atoms with E-state index in [0.29, 0.717) is 13.0 Å². The topological polar surface area (TPSA) is 69.7 Å². The number of para-hydroxylation sites is 1. The number of hydrogen-bond acceptors (Lipinski definition) is 3. The van der Waals surface area contributed by atoms with Crippen LogP contribution in [0, 0.1) is 0 Å². The van der Waals surface area contributed by atoms with Gasteiger partial charge in [0.25, 0.3) is 5.91 Å². The van der Waals surface area contributed by atoms with E-state index in [-0.39, 0.29) is 11.8 Å². The van der Waals surface area contributed by atoms with Gasteiger partial charge in [0.15, 0.2) is 0 Å². The van der Waals surface area contributed by atoms with Crippen molar-refractivity contribution in [2.75, 3.05) is 11.4 Å². The van der Waals surface area contributed by atoms with Crippen molar-refractivity contribution in [3.63, 3.8) is 0 Å². The number of carbonyl (C=O) groups excluding carboxylic acids is 3. The second-order valence-electron chi connectivity index (χ2n) is 8.42. The van der Waals surface area contributed by atoms with Crippen LogP contribution in [0.15, 0.2) is 48.5 Å². The molecule has 0 aromatic heterocycles. The molecule has 154 valence electrons. The third-order valence-electron chi connectivity index (χ3n) is 6.72. The third kappa shape index (κ3) is 2.66. The van der Waals surface area contributed by atoms with Crippen molar-refractivity contribution < 1.29 is 14.4 Å². The van der Waals surface area contributed by atoms with E-state index in [0.717, 1.165) is 53.0 Å². The lowest BCUT2D eigenvalue weighted by Gasteiger charge is -2.35. The molecule has 1 aliphatic carbocycles. The number of nitrogens with zero attached hydrogens (tertiary/aromatic N) is 2. The maximum Gasteiger partial charge on any atom is 0.326 e. The summed E-state index contributed by atoms with van der Waals surface area (Å²) >= 11 is 0. The number of nitrogens with one attached hydrogen (secondary N) is 1. The molecule has 3 aliphatic rings. The van der Waals surface area contributed by atoms with Gasteiger partial charge in [-0.25, -0.2) is 9.69 Å². The molecule has 4 amide bonds. The number of rotatable bonds is 2. The van der Waals surface area contributed by atoms with Gasteiger partial charge in [0.05, 0.1) is 0 Å². The standard InChI is InChI=1S/C24H25N3O3/c1-16(21(28)26-15-7-11-18-9-3-5-13-20(18)26)27-22(29)24(25-23(27)30)14-6-10-17-8-2-4-12-19(17)24/h2-5,8-9,12-13,16H,6-7,10-11,14-15H2,1H3,(H,25,30)/t16-,24-/m0/s1. The van der Waals surface area contributed by atoms with Crippen molar-refractivity contribution in [2.45, 2.75) is 50.6 Å². The lowest BCUT2D eigenvalue weighted by molar-refractivity contribution is -0.137. The van der Waals surface area contributed by atoms with E-state index in [1.807, 2.05) is 48.5 Å². The van der Waals surface area contributed by atoms with Crippen LogP contribution in [-0.2, 0) is 28.0 Å². The van der Waals surface area contributed by atoms with Crippen molar-refractivity contribution in [1.82, 2.24) is 10.2 Å². The molecule has 0 saturated carbocycles. The SMILES string of the molecule is C[C@@H](C(=O)N1CCCc2ccccc21)N1C(=O)N[C@]2(CCCc3ccccc32)C1=O. The van der Waals surface area contributed by atoms with Gasteiger partial charge in [-0.3, -0.25) is 9.59 Å². The van der Waals surface area contributed by atoms with Crippen LogP contribution >= 0.6 is 0 Å². The zero-order valence-electron chi connectivity index (χ0n) is 17.1. The second kappa shape index (κ2) is 6.97. The highest BCUT2D eigenvalue weighted by molar-refractivity contribution is 6.12. The molecule has 0 unspecified atom stereocenters. The van der Waals surface area contributed by atoms with Crippen LogP contribution in [0.2, 0.25) is 0 Å². The Balaban J connectivity index is 1.47. The van der Waals surface area contributed by atoms with E-state index < -0.39 is 17.6 Å². The number of urea groups is 1. The van der Waals surface area contributed by atoms with Gasteiger partial charge in [0.2, 0.25) is 5.91 Å². The van der Waals surface area contributed by atoms with Crippen LogP contribution in [0.3, 0.4) is 0 Å². The number of carbonyl (C=O) groups is 3. The maximum atomic E-state index is 13.6. The Morgan fingerprint density at radius 3 is 2.53 bits per heavy atom. The quantitative estimate of drug-likeness (QED) is 0.784. The number of amides is 4. The van der Waals surface area contributed by atoms with Crippen molar-refractivity contribution in [3.8, 4) is 0 Å². The maximum absolute atomic E-state index is 13.6. The van der Waals surface area contributed by atoms with Gasteiger partial charge in [-0.15, -0.1) is 0 Å². The van der Waals surface area contributed by atoms with Crippen molar-refractivity contribution in [3.05, 3.63) is 65.2 Å². The zero-order valence-corrected chi connectivity index (χ0v) is 17.1. The van der Waals surface area contributed by atoms with Gasteiger partial charge in [-0.1, -0.05) is 42.5 Å². The Kier molecular flexibility index (Phi) is 4.38. The van der Waals surface area contributed by atoms with Crippen molar-refractivity contribution >= 4 is 23.5 Å². The molecule has 1 N–H and O–H groups in total. The minimum absolute atomic E-state index is 0.216. The van der Waals surface area contributed by atoms with Crippen molar-refractivity contribution in [1.29, 1.82) is 0 Å². The molecule has 6 nitrogen and oxygen atoms in total. The summed E-state index contributed by atoms with van der Waals surface area (Å²) < 4.78 is 0. The van der Waals surface area contributed by atoms with Crippen LogP contribution in [0.25, 0.3) is 0 Å². The fourth-order valence-electron chi connectivity index (χ4n) is 5.23. The average Bonchev–Trinajstić information content (AvgIpc) is 3.02. The first-order chi connectivity index (χ1) is 14.5. The summed E-state index contributed by atoms with van der Waals surface area (Å²) in [7, 11) is 0. The Hall–Kier alpha value is -3.15. The summed E-state index contributed by atoms with van der Waals surface area (Å²) in [6.45, 7) is 2.25. The highest BCUT2D eigenvalue weighted by atomic mass is 16.2. The minimum atomic E-state index is -1.06. The monoisotopic (exact) mass is 403 g/mol. The van der Waals surface area contributed by atoms with Crippen LogP contribution in [0.5, 0.6) is 0 Å². The van der Waals surface area contributed by atoms with Gasteiger partial charge in [0.1, 0.15) is 11.6 Å². The fraction of sp³-hybridized carbons (Fsp3) is 0.375. The first-order valence-corrected chi connectivity index (χ1v) is 10.7. The molecular formula is C24H25N3O3. The zero-order chi connectivity index (χ0) is 20.9. The number of anilines is 1. The van der Waals surface area contributed by atoms with E-state index in [1.54, 1.807) is 11.8 Å². The predicted molar refractivity (Wildman–Crippen MR) is 113 cm³/mol. The van der Waals surface area contributed by atoms with E-state index in [2.05, 4.69) is 5.32 Å². The minimum Gasteiger partial charge on any atom is -0.319 e. The largest absolute Gasteiger partial charge is 0.326 e. The lowest BCUT2D eigenvalue weighted by Crippen LogP contribution is -2.52. The molecule has 1 saturated heterocycles. The summed E-state index contributed by atoms with van der Waals surface area (Å²) in [5.74, 6) is -0.530. The molecule has 1 spiro atoms. The average molecular weight is 403 g/mol. The van der Waals surface area contributed by atoms with Gasteiger partial charge in [-0.05, 0) is 61.8 Å². The first kappa shape index (κ1) is 18.9. The summed E-state index contributed by atoms with van der Waals surface area (Å²) in [5.41, 5.74) is 2.90. The molecule has 2 aromatic rings. The Labute approximate surface area is 175 Å². The molecule has 2 heterocycles. The van der Waals surface area contributed by atoms with E-state index in [9.17, 15) is 14.4 Å². The van der Waals surface area contributed by atoms with Crippen LogP contribution < -0.4 is 10.2 Å².